The van der Waals surface area contributed by atoms with Crippen LogP contribution in [-0.2, 0) is 14.3 Å². The maximum atomic E-state index is 12.4. The summed E-state index contributed by atoms with van der Waals surface area (Å²) in [5.74, 6) is -1.26. The van der Waals surface area contributed by atoms with E-state index in [0.29, 0.717) is 15.7 Å². The van der Waals surface area contributed by atoms with Crippen LogP contribution < -0.4 is 20.1 Å². The van der Waals surface area contributed by atoms with Gasteiger partial charge in [0, 0.05) is 5.70 Å². The number of halogens is 1. The molecule has 0 saturated carbocycles. The highest BCUT2D eigenvalue weighted by Gasteiger charge is 2.33. The van der Waals surface area contributed by atoms with Crippen LogP contribution in [0, 0.1) is 0 Å². The normalized spacial score (nSPS) is 16.3. The lowest BCUT2D eigenvalue weighted by Crippen LogP contribution is -2.45. The van der Waals surface area contributed by atoms with Gasteiger partial charge in [-0.15, -0.1) is 0 Å². The summed E-state index contributed by atoms with van der Waals surface area (Å²) in [5.41, 5.74) is 1.16. The summed E-state index contributed by atoms with van der Waals surface area (Å²) in [7, 11) is 1.40. The largest absolute Gasteiger partial charge is 0.493 e. The molecular formula is C17H19BrN2O7. The Morgan fingerprint density at radius 2 is 2.04 bits per heavy atom. The van der Waals surface area contributed by atoms with Crippen molar-refractivity contribution in [1.29, 1.82) is 0 Å². The van der Waals surface area contributed by atoms with Gasteiger partial charge in [-0.3, -0.25) is 0 Å². The number of carbonyl (C=O) groups is 3. The highest BCUT2D eigenvalue weighted by molar-refractivity contribution is 9.10. The van der Waals surface area contributed by atoms with Gasteiger partial charge in [-0.25, -0.2) is 14.4 Å². The number of hydrogen-bond donors (Lipinski definition) is 3. The molecule has 1 aliphatic rings. The number of benzene rings is 1. The number of ether oxygens (including phenoxy) is 3. The zero-order valence-electron chi connectivity index (χ0n) is 14.9. The van der Waals surface area contributed by atoms with Crippen LogP contribution in [0.15, 0.2) is 27.9 Å². The van der Waals surface area contributed by atoms with Crippen LogP contribution in [0.2, 0.25) is 0 Å². The number of aliphatic carboxylic acids is 1. The summed E-state index contributed by atoms with van der Waals surface area (Å²) in [5, 5.41) is 14.0. The minimum absolute atomic E-state index is 0.186. The van der Waals surface area contributed by atoms with E-state index >= 15 is 0 Å². The maximum Gasteiger partial charge on any atom is 0.341 e. The lowest BCUT2D eigenvalue weighted by molar-refractivity contribution is -0.140. The highest BCUT2D eigenvalue weighted by atomic mass is 79.9. The van der Waals surface area contributed by atoms with Gasteiger partial charge >= 0.3 is 18.0 Å². The number of hydrogen-bond acceptors (Lipinski definition) is 6. The predicted octanol–water partition coefficient (Wildman–Crippen LogP) is 2.11. The molecule has 0 saturated heterocycles. The van der Waals surface area contributed by atoms with Crippen molar-refractivity contribution >= 4 is 33.9 Å². The van der Waals surface area contributed by atoms with Gasteiger partial charge in [0.1, 0.15) is 0 Å². The minimum atomic E-state index is -1.14. The molecular weight excluding hydrogens is 424 g/mol. The first-order valence-electron chi connectivity index (χ1n) is 7.95. The number of carboxylic acid groups (broad SMARTS) is 1. The average molecular weight is 443 g/mol. The average Bonchev–Trinajstić information content (AvgIpc) is 2.59. The molecule has 1 atom stereocenters. The Balaban J connectivity index is 2.49. The van der Waals surface area contributed by atoms with E-state index in [0.717, 1.165) is 0 Å². The number of urea groups is 1. The molecule has 9 nitrogen and oxygen atoms in total. The van der Waals surface area contributed by atoms with Crippen molar-refractivity contribution in [3.8, 4) is 11.5 Å². The van der Waals surface area contributed by atoms with Crippen LogP contribution >= 0.6 is 15.9 Å². The van der Waals surface area contributed by atoms with Gasteiger partial charge in [-0.2, -0.15) is 0 Å². The minimum Gasteiger partial charge on any atom is -0.493 e. The van der Waals surface area contributed by atoms with Gasteiger partial charge in [0.05, 0.1) is 29.8 Å². The molecule has 146 valence electrons. The van der Waals surface area contributed by atoms with E-state index in [2.05, 4.69) is 26.6 Å². The van der Waals surface area contributed by atoms with Gasteiger partial charge in [-0.05, 0) is 47.5 Å². The fourth-order valence-electron chi connectivity index (χ4n) is 2.60. The molecule has 1 aromatic rings. The number of esters is 1. The lowest BCUT2D eigenvalue weighted by atomic mass is 9.95. The van der Waals surface area contributed by atoms with Gasteiger partial charge in [0.2, 0.25) is 0 Å². The topological polar surface area (TPSA) is 123 Å². The van der Waals surface area contributed by atoms with Gasteiger partial charge in [0.25, 0.3) is 0 Å². The Hall–Kier alpha value is -2.75. The Bertz CT molecular complexity index is 807. The van der Waals surface area contributed by atoms with Crippen LogP contribution in [0.1, 0.15) is 25.5 Å². The maximum absolute atomic E-state index is 12.4. The first kappa shape index (κ1) is 20.6. The second-order valence-electron chi connectivity index (χ2n) is 5.51. The summed E-state index contributed by atoms with van der Waals surface area (Å²) in [6, 6.07) is 1.93. The standard InChI is InChI=1S/C17H19BrN2O7/c1-4-26-16(23)13-8(2)19-17(24)20-14(13)9-5-10(18)15(11(6-9)25-3)27-7-12(21)22/h5-6,14H,4,7H2,1-3H3,(H,21,22)(H2,19,20,24)/t14-/m0/s1. The quantitative estimate of drug-likeness (QED) is 0.552. The molecule has 1 aliphatic heterocycles. The molecule has 2 amide bonds. The fraction of sp³-hybridized carbons (Fsp3) is 0.353. The molecule has 0 aromatic heterocycles. The van der Waals surface area contributed by atoms with E-state index in [1.165, 1.54) is 7.11 Å². The van der Waals surface area contributed by atoms with Crippen LogP contribution in [0.4, 0.5) is 4.79 Å². The number of carbonyl (C=O) groups excluding carboxylic acids is 2. The molecule has 0 bridgehead atoms. The van der Waals surface area contributed by atoms with Crippen LogP contribution in [0.3, 0.4) is 0 Å². The molecule has 0 fully saturated rings. The predicted molar refractivity (Wildman–Crippen MR) is 97.6 cm³/mol. The van der Waals surface area contributed by atoms with Gasteiger partial charge in [-0.1, -0.05) is 0 Å². The third kappa shape index (κ3) is 4.70. The molecule has 0 aliphatic carbocycles. The molecule has 3 N–H and O–H groups in total. The Labute approximate surface area is 163 Å². The van der Waals surface area contributed by atoms with E-state index < -0.39 is 30.6 Å². The third-order valence-corrected chi connectivity index (χ3v) is 4.28. The van der Waals surface area contributed by atoms with Crippen molar-refractivity contribution in [2.75, 3.05) is 20.3 Å². The monoisotopic (exact) mass is 442 g/mol. The summed E-state index contributed by atoms with van der Waals surface area (Å²) in [6.45, 7) is 2.93. The summed E-state index contributed by atoms with van der Waals surface area (Å²) >= 11 is 3.31. The number of methoxy groups -OCH3 is 1. The van der Waals surface area contributed by atoms with Crippen molar-refractivity contribution in [2.24, 2.45) is 0 Å². The molecule has 0 spiro atoms. The van der Waals surface area contributed by atoms with Crippen molar-refractivity contribution in [2.45, 2.75) is 19.9 Å². The summed E-state index contributed by atoms with van der Waals surface area (Å²) in [4.78, 5) is 35.1. The SMILES string of the molecule is CCOC(=O)C1=C(C)NC(=O)N[C@H]1c1cc(Br)c(OCC(=O)O)c(OC)c1. The first-order valence-corrected chi connectivity index (χ1v) is 8.75. The summed E-state index contributed by atoms with van der Waals surface area (Å²) < 4.78 is 16.0. The Morgan fingerprint density at radius 1 is 1.33 bits per heavy atom. The van der Waals surface area contributed by atoms with E-state index in [1.54, 1.807) is 26.0 Å². The second-order valence-corrected chi connectivity index (χ2v) is 6.36. The molecule has 0 unspecified atom stereocenters. The number of carboxylic acids is 1. The number of rotatable bonds is 7. The second kappa shape index (κ2) is 8.76. The molecule has 27 heavy (non-hydrogen) atoms. The van der Waals surface area contributed by atoms with Gasteiger partial charge < -0.3 is 30.0 Å². The van der Waals surface area contributed by atoms with E-state index in [-0.39, 0.29) is 23.7 Å². The van der Waals surface area contributed by atoms with Gasteiger partial charge in [0.15, 0.2) is 18.1 Å². The van der Waals surface area contributed by atoms with Crippen molar-refractivity contribution < 1.29 is 33.7 Å². The molecule has 1 aromatic carbocycles. The number of nitrogens with one attached hydrogen (secondary N) is 2. The van der Waals surface area contributed by atoms with Crippen LogP contribution in [-0.4, -0.2) is 43.4 Å². The smallest absolute Gasteiger partial charge is 0.341 e. The summed E-state index contributed by atoms with van der Waals surface area (Å²) in [6.07, 6.45) is 0. The van der Waals surface area contributed by atoms with E-state index in [4.69, 9.17) is 19.3 Å². The van der Waals surface area contributed by atoms with E-state index in [9.17, 15) is 14.4 Å². The van der Waals surface area contributed by atoms with E-state index in [1.807, 2.05) is 0 Å². The molecule has 10 heteroatoms. The van der Waals surface area contributed by atoms with Crippen molar-refractivity contribution in [3.63, 3.8) is 0 Å². The first-order chi connectivity index (χ1) is 12.8. The fourth-order valence-corrected chi connectivity index (χ4v) is 3.18. The molecule has 0 radical (unpaired) electrons. The van der Waals surface area contributed by atoms with Crippen molar-refractivity contribution in [1.82, 2.24) is 10.6 Å². The highest BCUT2D eigenvalue weighted by Crippen LogP contribution is 2.40. The zero-order valence-corrected chi connectivity index (χ0v) is 16.5. The molecule has 2 rings (SSSR count). The van der Waals surface area contributed by atoms with Crippen LogP contribution in [0.5, 0.6) is 11.5 Å². The van der Waals surface area contributed by atoms with Crippen LogP contribution in [0.25, 0.3) is 0 Å². The third-order valence-electron chi connectivity index (χ3n) is 3.69. The lowest BCUT2D eigenvalue weighted by Gasteiger charge is -2.28. The Morgan fingerprint density at radius 3 is 2.63 bits per heavy atom. The number of amides is 2. The van der Waals surface area contributed by atoms with Crippen molar-refractivity contribution in [3.05, 3.63) is 33.4 Å². The zero-order chi connectivity index (χ0) is 20.1. The molecule has 1 heterocycles. The Kier molecular flexibility index (Phi) is 6.67. The number of allylic oxidation sites excluding steroid dienone is 1.